The summed E-state index contributed by atoms with van der Waals surface area (Å²) in [6.45, 7) is 0. The highest BCUT2D eigenvalue weighted by molar-refractivity contribution is 5.84. The smallest absolute Gasteiger partial charge is 0.431 e. The summed E-state index contributed by atoms with van der Waals surface area (Å²) in [4.78, 5) is 19.7. The van der Waals surface area contributed by atoms with Crippen molar-refractivity contribution < 1.29 is 19.8 Å². The van der Waals surface area contributed by atoms with Crippen LogP contribution in [0.5, 0.6) is 0 Å². The number of imide groups is 1. The quantitative estimate of drug-likeness (QED) is 0.431. The molecule has 0 atom stereocenters. The topological polar surface area (TPSA) is 89.9 Å². The van der Waals surface area contributed by atoms with Crippen LogP contribution in [0.3, 0.4) is 0 Å². The number of amides is 2. The van der Waals surface area contributed by atoms with Crippen LogP contribution < -0.4 is 5.43 Å². The molecular weight excluding hydrogens is 128 g/mol. The average Bonchev–Trinajstić information content (AvgIpc) is 1.64. The average molecular weight is 134 g/mol. The van der Waals surface area contributed by atoms with Gasteiger partial charge in [0.15, 0.2) is 0 Å². The van der Waals surface area contributed by atoms with E-state index in [-0.39, 0.29) is 5.01 Å². The zero-order chi connectivity index (χ0) is 7.44. The van der Waals surface area contributed by atoms with Gasteiger partial charge in [0.1, 0.15) is 0 Å². The number of carboxylic acid groups (broad SMARTS) is 2. The van der Waals surface area contributed by atoms with Crippen molar-refractivity contribution in [3.63, 3.8) is 0 Å². The molecule has 9 heavy (non-hydrogen) atoms. The molecule has 0 aromatic heterocycles. The van der Waals surface area contributed by atoms with Gasteiger partial charge >= 0.3 is 12.2 Å². The Morgan fingerprint density at radius 1 is 1.33 bits per heavy atom. The number of nitrogens with zero attached hydrogens (tertiary/aromatic N) is 1. The number of carbonyl (C=O) groups is 2. The highest BCUT2D eigenvalue weighted by atomic mass is 16.4. The van der Waals surface area contributed by atoms with Crippen LogP contribution in [0.15, 0.2) is 0 Å². The summed E-state index contributed by atoms with van der Waals surface area (Å²) in [6, 6.07) is 0. The Morgan fingerprint density at radius 3 is 1.67 bits per heavy atom. The van der Waals surface area contributed by atoms with Crippen LogP contribution in [-0.2, 0) is 0 Å². The Morgan fingerprint density at radius 2 is 1.67 bits per heavy atom. The van der Waals surface area contributed by atoms with Gasteiger partial charge in [-0.1, -0.05) is 0 Å². The third kappa shape index (κ3) is 1.96. The van der Waals surface area contributed by atoms with Crippen molar-refractivity contribution in [2.45, 2.75) is 0 Å². The number of hydrogen-bond acceptors (Lipinski definition) is 3. The maximum absolute atomic E-state index is 9.85. The molecule has 0 spiro atoms. The normalized spacial score (nSPS) is 8.56. The highest BCUT2D eigenvalue weighted by Gasteiger charge is 2.16. The monoisotopic (exact) mass is 134 g/mol. The number of hydrogen-bond donors (Lipinski definition) is 3. The maximum atomic E-state index is 9.85. The predicted octanol–water partition coefficient (Wildman–Crippen LogP) is -0.221. The van der Waals surface area contributed by atoms with Crippen molar-refractivity contribution in [2.24, 2.45) is 0 Å². The van der Waals surface area contributed by atoms with E-state index in [1.165, 1.54) is 7.05 Å². The van der Waals surface area contributed by atoms with Crippen molar-refractivity contribution in [3.05, 3.63) is 0 Å². The summed E-state index contributed by atoms with van der Waals surface area (Å²) >= 11 is 0. The Labute approximate surface area is 50.7 Å². The van der Waals surface area contributed by atoms with Gasteiger partial charge in [-0.25, -0.2) is 15.0 Å². The lowest BCUT2D eigenvalue weighted by Gasteiger charge is -2.09. The lowest BCUT2D eigenvalue weighted by Crippen LogP contribution is -2.43. The van der Waals surface area contributed by atoms with E-state index < -0.39 is 12.2 Å². The number of nitrogens with one attached hydrogen (secondary N) is 1. The molecule has 0 rings (SSSR count). The van der Waals surface area contributed by atoms with Crippen molar-refractivity contribution in [1.82, 2.24) is 10.4 Å². The van der Waals surface area contributed by atoms with Gasteiger partial charge in [0, 0.05) is 7.05 Å². The predicted molar refractivity (Wildman–Crippen MR) is 26.9 cm³/mol. The van der Waals surface area contributed by atoms with E-state index in [4.69, 9.17) is 10.2 Å². The van der Waals surface area contributed by atoms with Crippen molar-refractivity contribution in [3.8, 4) is 0 Å². The number of hydrazine groups is 1. The minimum atomic E-state index is -1.55. The number of rotatable bonds is 1. The van der Waals surface area contributed by atoms with Crippen molar-refractivity contribution in [1.29, 1.82) is 0 Å². The second-order valence-corrected chi connectivity index (χ2v) is 1.12. The SMILES string of the molecule is CNN(C(=O)O)C(=O)O. The lowest BCUT2D eigenvalue weighted by molar-refractivity contribution is 0.107. The molecule has 0 saturated carbocycles. The Kier molecular flexibility index (Phi) is 2.46. The molecule has 0 radical (unpaired) electrons. The lowest BCUT2D eigenvalue weighted by atomic mass is 10.9. The third-order valence-electron chi connectivity index (χ3n) is 0.606. The van der Waals surface area contributed by atoms with Crippen LogP contribution in [0.4, 0.5) is 9.59 Å². The Bertz CT molecular complexity index is 120. The zero-order valence-corrected chi connectivity index (χ0v) is 4.66. The molecule has 0 fully saturated rings. The van der Waals surface area contributed by atoms with E-state index in [1.807, 2.05) is 5.43 Å². The molecule has 0 aromatic carbocycles. The van der Waals surface area contributed by atoms with Gasteiger partial charge in [0.05, 0.1) is 0 Å². The molecule has 0 aromatic rings. The maximum Gasteiger partial charge on any atom is 0.431 e. The molecular formula is C3H6N2O4. The summed E-state index contributed by atoms with van der Waals surface area (Å²) in [7, 11) is 1.20. The van der Waals surface area contributed by atoms with Gasteiger partial charge in [-0.3, -0.25) is 0 Å². The van der Waals surface area contributed by atoms with Gasteiger partial charge in [-0.2, -0.15) is 0 Å². The van der Waals surface area contributed by atoms with Crippen LogP contribution in [0.25, 0.3) is 0 Å². The molecule has 52 valence electrons. The summed E-state index contributed by atoms with van der Waals surface area (Å²) < 4.78 is 0. The molecule has 0 heterocycles. The minimum absolute atomic E-state index is 0.0417. The fraction of sp³-hybridized carbons (Fsp3) is 0.333. The molecule has 0 aliphatic carbocycles. The van der Waals surface area contributed by atoms with Crippen LogP contribution in [0, 0.1) is 0 Å². The van der Waals surface area contributed by atoms with E-state index in [1.54, 1.807) is 0 Å². The highest BCUT2D eigenvalue weighted by Crippen LogP contribution is 1.81. The molecule has 0 aliphatic rings. The molecule has 6 heteroatoms. The fourth-order valence-electron chi connectivity index (χ4n) is 0.273. The second-order valence-electron chi connectivity index (χ2n) is 1.12. The standard InChI is InChI=1S/C3H6N2O4/c1-4-5(2(6)7)3(8)9/h4H,1H3,(H,6,7)(H,8,9). The van der Waals surface area contributed by atoms with E-state index in [0.717, 1.165) is 0 Å². The molecule has 6 nitrogen and oxygen atoms in total. The van der Waals surface area contributed by atoms with Crippen molar-refractivity contribution in [2.75, 3.05) is 7.05 Å². The first kappa shape index (κ1) is 7.70. The Balaban J connectivity index is 3.99. The van der Waals surface area contributed by atoms with Gasteiger partial charge in [0.25, 0.3) is 0 Å². The second kappa shape index (κ2) is 2.88. The molecule has 0 saturated heterocycles. The fourth-order valence-corrected chi connectivity index (χ4v) is 0.273. The van der Waals surface area contributed by atoms with Crippen LogP contribution in [-0.4, -0.2) is 34.5 Å². The van der Waals surface area contributed by atoms with E-state index >= 15 is 0 Å². The van der Waals surface area contributed by atoms with Gasteiger partial charge in [-0.05, 0) is 0 Å². The first-order valence-electron chi connectivity index (χ1n) is 2.03. The molecule has 2 amide bonds. The molecule has 0 bridgehead atoms. The summed E-state index contributed by atoms with van der Waals surface area (Å²) in [5, 5.41) is 16.1. The largest absolute Gasteiger partial charge is 0.464 e. The summed E-state index contributed by atoms with van der Waals surface area (Å²) in [5.74, 6) is 0. The van der Waals surface area contributed by atoms with E-state index in [0.29, 0.717) is 0 Å². The first-order chi connectivity index (χ1) is 4.09. The third-order valence-corrected chi connectivity index (χ3v) is 0.606. The zero-order valence-electron chi connectivity index (χ0n) is 4.66. The Hall–Kier alpha value is -1.30. The summed E-state index contributed by atoms with van der Waals surface area (Å²) in [5.41, 5.74) is 1.94. The molecule has 0 unspecified atom stereocenters. The van der Waals surface area contributed by atoms with Crippen LogP contribution >= 0.6 is 0 Å². The van der Waals surface area contributed by atoms with Gasteiger partial charge in [0.2, 0.25) is 0 Å². The van der Waals surface area contributed by atoms with Gasteiger partial charge in [-0.15, -0.1) is 5.01 Å². The van der Waals surface area contributed by atoms with E-state index in [9.17, 15) is 9.59 Å². The van der Waals surface area contributed by atoms with Crippen LogP contribution in [0.1, 0.15) is 0 Å². The van der Waals surface area contributed by atoms with Crippen molar-refractivity contribution >= 4 is 12.2 Å². The summed E-state index contributed by atoms with van der Waals surface area (Å²) in [6.07, 6.45) is -3.10. The van der Waals surface area contributed by atoms with Gasteiger partial charge < -0.3 is 10.2 Å². The molecule has 3 N–H and O–H groups in total. The van der Waals surface area contributed by atoms with E-state index in [2.05, 4.69) is 0 Å². The molecule has 0 aliphatic heterocycles. The minimum Gasteiger partial charge on any atom is -0.464 e. The first-order valence-corrected chi connectivity index (χ1v) is 2.03. The van der Waals surface area contributed by atoms with Crippen LogP contribution in [0.2, 0.25) is 0 Å².